The van der Waals surface area contributed by atoms with Gasteiger partial charge in [-0.15, -0.1) is 0 Å². The topological polar surface area (TPSA) is 112 Å². The van der Waals surface area contributed by atoms with Crippen molar-refractivity contribution in [3.05, 3.63) is 58.9 Å². The van der Waals surface area contributed by atoms with Crippen molar-refractivity contribution in [2.24, 2.45) is 0 Å². The number of nitrogens with one attached hydrogen (secondary N) is 2. The van der Waals surface area contributed by atoms with Gasteiger partial charge >= 0.3 is 5.97 Å². The van der Waals surface area contributed by atoms with Crippen molar-refractivity contribution in [3.63, 3.8) is 0 Å². The smallest absolute Gasteiger partial charge is 0.337 e. The molecule has 7 nitrogen and oxygen atoms in total. The van der Waals surface area contributed by atoms with E-state index in [1.165, 1.54) is 24.3 Å². The van der Waals surface area contributed by atoms with Crippen LogP contribution in [0.5, 0.6) is 0 Å². The van der Waals surface area contributed by atoms with Crippen molar-refractivity contribution in [3.8, 4) is 0 Å². The zero-order chi connectivity index (χ0) is 18.7. The van der Waals surface area contributed by atoms with Crippen LogP contribution < -0.4 is 4.72 Å². The number of rotatable bonds is 7. The second-order valence-electron chi connectivity index (χ2n) is 5.65. The van der Waals surface area contributed by atoms with E-state index in [4.69, 9.17) is 16.7 Å². The van der Waals surface area contributed by atoms with Gasteiger partial charge in [-0.25, -0.2) is 22.9 Å². The summed E-state index contributed by atoms with van der Waals surface area (Å²) in [5, 5.41) is 9.73. The quantitative estimate of drug-likeness (QED) is 0.534. The van der Waals surface area contributed by atoms with Crippen LogP contribution in [-0.4, -0.2) is 36.0 Å². The molecule has 2 aromatic carbocycles. The van der Waals surface area contributed by atoms with E-state index >= 15 is 0 Å². The lowest BCUT2D eigenvalue weighted by molar-refractivity contribution is 0.0692. The Labute approximate surface area is 155 Å². The molecule has 3 rings (SSSR count). The molecule has 0 fully saturated rings. The van der Waals surface area contributed by atoms with Crippen LogP contribution >= 0.6 is 11.6 Å². The number of carboxylic acids is 1. The molecule has 0 saturated carbocycles. The number of carbonyl (C=O) groups is 1. The first kappa shape index (κ1) is 18.4. The van der Waals surface area contributed by atoms with Gasteiger partial charge in [0, 0.05) is 18.0 Å². The fraction of sp³-hybridized carbons (Fsp3) is 0.176. The van der Waals surface area contributed by atoms with Crippen molar-refractivity contribution in [2.75, 3.05) is 6.54 Å². The molecule has 0 saturated heterocycles. The van der Waals surface area contributed by atoms with Crippen LogP contribution in [0.3, 0.4) is 0 Å². The number of halogens is 1. The molecule has 0 atom stereocenters. The minimum Gasteiger partial charge on any atom is -0.478 e. The van der Waals surface area contributed by atoms with Crippen molar-refractivity contribution < 1.29 is 18.3 Å². The molecule has 0 aliphatic carbocycles. The Morgan fingerprint density at radius 1 is 1.23 bits per heavy atom. The highest BCUT2D eigenvalue weighted by molar-refractivity contribution is 7.89. The van der Waals surface area contributed by atoms with Gasteiger partial charge in [-0.1, -0.05) is 23.7 Å². The molecular weight excluding hydrogens is 378 g/mol. The maximum atomic E-state index is 12.3. The van der Waals surface area contributed by atoms with Gasteiger partial charge in [0.2, 0.25) is 10.0 Å². The molecule has 3 N–H and O–H groups in total. The van der Waals surface area contributed by atoms with E-state index in [-0.39, 0.29) is 17.0 Å². The number of sulfonamides is 1. The Balaban J connectivity index is 1.63. The zero-order valence-corrected chi connectivity index (χ0v) is 15.1. The summed E-state index contributed by atoms with van der Waals surface area (Å²) in [6.07, 6.45) is 1.04. The Morgan fingerprint density at radius 3 is 2.77 bits per heavy atom. The predicted octanol–water partition coefficient (Wildman–Crippen LogP) is 2.83. The summed E-state index contributed by atoms with van der Waals surface area (Å²) < 4.78 is 27.1. The van der Waals surface area contributed by atoms with E-state index in [2.05, 4.69) is 14.7 Å². The third-order valence-electron chi connectivity index (χ3n) is 3.78. The van der Waals surface area contributed by atoms with Gasteiger partial charge in [0.15, 0.2) is 0 Å². The molecule has 136 valence electrons. The Bertz CT molecular complexity index is 1060. The largest absolute Gasteiger partial charge is 0.478 e. The van der Waals surface area contributed by atoms with Crippen LogP contribution in [0.4, 0.5) is 0 Å². The number of hydrogen-bond acceptors (Lipinski definition) is 4. The van der Waals surface area contributed by atoms with Crippen molar-refractivity contribution in [1.29, 1.82) is 0 Å². The van der Waals surface area contributed by atoms with E-state index in [9.17, 15) is 13.2 Å². The molecule has 1 heterocycles. The summed E-state index contributed by atoms with van der Waals surface area (Å²) in [5.41, 5.74) is 1.36. The van der Waals surface area contributed by atoms with Crippen molar-refractivity contribution in [1.82, 2.24) is 14.7 Å². The normalized spacial score (nSPS) is 11.7. The summed E-state index contributed by atoms with van der Waals surface area (Å²) in [6, 6.07) is 10.8. The van der Waals surface area contributed by atoms with Crippen LogP contribution in [0, 0.1) is 0 Å². The lowest BCUT2D eigenvalue weighted by Gasteiger charge is -2.08. The summed E-state index contributed by atoms with van der Waals surface area (Å²) in [4.78, 5) is 18.5. The van der Waals surface area contributed by atoms with Crippen LogP contribution in [0.2, 0.25) is 5.02 Å². The van der Waals surface area contributed by atoms with Gasteiger partial charge < -0.3 is 10.1 Å². The molecule has 0 amide bonds. The van der Waals surface area contributed by atoms with Gasteiger partial charge in [0.05, 0.1) is 21.5 Å². The first-order chi connectivity index (χ1) is 12.4. The standard InChI is InChI=1S/C17H16ClN3O4S/c18-11-7-8-13-14(10-11)21-16(20-13)6-3-9-19-26(24,25)15-5-2-1-4-12(15)17(22)23/h1-2,4-5,7-8,10,19H,3,6,9H2,(H,20,21)(H,22,23). The zero-order valence-electron chi connectivity index (χ0n) is 13.6. The monoisotopic (exact) mass is 393 g/mol. The van der Waals surface area contributed by atoms with Gasteiger partial charge in [-0.05, 0) is 36.8 Å². The molecule has 0 aliphatic heterocycles. The van der Waals surface area contributed by atoms with Crippen LogP contribution in [-0.2, 0) is 16.4 Å². The Hall–Kier alpha value is -2.42. The SMILES string of the molecule is O=C(O)c1ccccc1S(=O)(=O)NCCCc1nc2ccc(Cl)cc2[nH]1. The molecule has 0 unspecified atom stereocenters. The number of benzene rings is 2. The Morgan fingerprint density at radius 2 is 2.00 bits per heavy atom. The molecule has 26 heavy (non-hydrogen) atoms. The molecule has 3 aromatic rings. The predicted molar refractivity (Wildman–Crippen MR) is 98.0 cm³/mol. The third kappa shape index (κ3) is 4.04. The second kappa shape index (κ2) is 7.45. The van der Waals surface area contributed by atoms with Gasteiger partial charge in [0.1, 0.15) is 5.82 Å². The third-order valence-corrected chi connectivity index (χ3v) is 5.54. The fourth-order valence-electron chi connectivity index (χ4n) is 2.57. The average Bonchev–Trinajstić information content (AvgIpc) is 3.00. The first-order valence-corrected chi connectivity index (χ1v) is 9.69. The minimum absolute atomic E-state index is 0.161. The lowest BCUT2D eigenvalue weighted by Crippen LogP contribution is -2.26. The number of hydrogen-bond donors (Lipinski definition) is 3. The van der Waals surface area contributed by atoms with E-state index in [0.29, 0.717) is 17.9 Å². The number of aryl methyl sites for hydroxylation is 1. The fourth-order valence-corrected chi connectivity index (χ4v) is 4.01. The highest BCUT2D eigenvalue weighted by atomic mass is 35.5. The highest BCUT2D eigenvalue weighted by Crippen LogP contribution is 2.18. The maximum absolute atomic E-state index is 12.3. The number of aromatic amines is 1. The number of carboxylic acid groups (broad SMARTS) is 1. The van der Waals surface area contributed by atoms with Gasteiger partial charge in [-0.2, -0.15) is 0 Å². The number of aromatic carboxylic acids is 1. The number of H-pyrrole nitrogens is 1. The highest BCUT2D eigenvalue weighted by Gasteiger charge is 2.21. The molecule has 0 aliphatic rings. The van der Waals surface area contributed by atoms with E-state index in [1.54, 1.807) is 12.1 Å². The first-order valence-electron chi connectivity index (χ1n) is 7.83. The molecular formula is C17H16ClN3O4S. The van der Waals surface area contributed by atoms with Crippen LogP contribution in [0.15, 0.2) is 47.4 Å². The van der Waals surface area contributed by atoms with Crippen LogP contribution in [0.1, 0.15) is 22.6 Å². The summed E-state index contributed by atoms with van der Waals surface area (Å²) in [5.74, 6) is -0.556. The van der Waals surface area contributed by atoms with E-state index in [0.717, 1.165) is 16.9 Å². The number of imidazole rings is 1. The van der Waals surface area contributed by atoms with E-state index < -0.39 is 16.0 Å². The number of fused-ring (bicyclic) bond motifs is 1. The molecule has 0 bridgehead atoms. The maximum Gasteiger partial charge on any atom is 0.337 e. The minimum atomic E-state index is -3.90. The molecule has 1 aromatic heterocycles. The molecule has 0 radical (unpaired) electrons. The van der Waals surface area contributed by atoms with Gasteiger partial charge in [0.25, 0.3) is 0 Å². The number of aromatic nitrogens is 2. The Kier molecular flexibility index (Phi) is 5.26. The lowest BCUT2D eigenvalue weighted by atomic mass is 10.2. The summed E-state index contributed by atoms with van der Waals surface area (Å²) in [7, 11) is -3.90. The van der Waals surface area contributed by atoms with Gasteiger partial charge in [-0.3, -0.25) is 0 Å². The van der Waals surface area contributed by atoms with Crippen molar-refractivity contribution >= 4 is 38.6 Å². The summed E-state index contributed by atoms with van der Waals surface area (Å²) >= 11 is 5.93. The molecule has 0 spiro atoms. The average molecular weight is 394 g/mol. The second-order valence-corrected chi connectivity index (χ2v) is 7.82. The van der Waals surface area contributed by atoms with Crippen LogP contribution in [0.25, 0.3) is 11.0 Å². The van der Waals surface area contributed by atoms with E-state index in [1.807, 2.05) is 6.07 Å². The summed E-state index contributed by atoms with van der Waals surface area (Å²) in [6.45, 7) is 0.161. The molecule has 9 heteroatoms. The number of nitrogens with zero attached hydrogens (tertiary/aromatic N) is 1. The van der Waals surface area contributed by atoms with Crippen molar-refractivity contribution in [2.45, 2.75) is 17.7 Å².